The summed E-state index contributed by atoms with van der Waals surface area (Å²) >= 11 is 0. The Morgan fingerprint density at radius 1 is 1.31 bits per heavy atom. The van der Waals surface area contributed by atoms with Gasteiger partial charge in [-0.25, -0.2) is 4.39 Å². The highest BCUT2D eigenvalue weighted by atomic mass is 19.1. The third kappa shape index (κ3) is 4.01. The standard InChI is InChI=1S/C24H28FNO3.H2/c1-16-12-17(4-9-21(16)29-15-23(2,3)28)22(27)26-11-10-24(13-19(24)14-26)18-5-7-20(25)8-6-18;/h4-9,12,19,28H,10-11,13-15H2,1-3H3;1H. The highest BCUT2D eigenvalue weighted by molar-refractivity contribution is 5.94. The van der Waals surface area contributed by atoms with Crippen LogP contribution in [0.4, 0.5) is 4.39 Å². The summed E-state index contributed by atoms with van der Waals surface area (Å²) in [6.07, 6.45) is 1.98. The summed E-state index contributed by atoms with van der Waals surface area (Å²) in [6.45, 7) is 6.95. The second-order valence-corrected chi connectivity index (χ2v) is 9.15. The molecule has 29 heavy (non-hydrogen) atoms. The normalized spacial score (nSPS) is 23.5. The summed E-state index contributed by atoms with van der Waals surface area (Å²) < 4.78 is 18.9. The largest absolute Gasteiger partial charge is 0.490 e. The molecule has 1 aliphatic carbocycles. The van der Waals surface area contributed by atoms with Gasteiger partial charge in [-0.05, 0) is 81.0 Å². The summed E-state index contributed by atoms with van der Waals surface area (Å²) in [5.74, 6) is 0.961. The fraction of sp³-hybridized carbons (Fsp3) is 0.458. The van der Waals surface area contributed by atoms with Gasteiger partial charge < -0.3 is 14.7 Å². The lowest BCUT2D eigenvalue weighted by Crippen LogP contribution is -2.40. The predicted octanol–water partition coefficient (Wildman–Crippen LogP) is 4.33. The average Bonchev–Trinajstić information content (AvgIpc) is 3.41. The molecular weight excluding hydrogens is 369 g/mol. The SMILES string of the molecule is Cc1cc(C(=O)N2CCC3(c4ccc(F)cc4)CC3C2)ccc1OCC(C)(C)O.[HH]. The zero-order chi connectivity index (χ0) is 20.8. The fourth-order valence-corrected chi connectivity index (χ4v) is 4.46. The molecule has 1 heterocycles. The van der Waals surface area contributed by atoms with E-state index in [4.69, 9.17) is 4.74 Å². The van der Waals surface area contributed by atoms with Gasteiger partial charge in [-0.1, -0.05) is 12.1 Å². The van der Waals surface area contributed by atoms with E-state index in [1.54, 1.807) is 26.0 Å². The van der Waals surface area contributed by atoms with Crippen LogP contribution in [-0.4, -0.2) is 41.2 Å². The number of piperidine rings is 1. The first-order valence-corrected chi connectivity index (χ1v) is 10.2. The van der Waals surface area contributed by atoms with Crippen molar-refractivity contribution in [2.24, 2.45) is 5.92 Å². The lowest BCUT2D eigenvalue weighted by Gasteiger charge is -2.32. The third-order valence-electron chi connectivity index (χ3n) is 6.21. The maximum Gasteiger partial charge on any atom is 0.253 e. The smallest absolute Gasteiger partial charge is 0.253 e. The molecule has 4 rings (SSSR count). The van der Waals surface area contributed by atoms with E-state index in [0.717, 1.165) is 24.9 Å². The van der Waals surface area contributed by atoms with Gasteiger partial charge in [-0.2, -0.15) is 0 Å². The second kappa shape index (κ2) is 7.13. The molecule has 1 saturated heterocycles. The summed E-state index contributed by atoms with van der Waals surface area (Å²) in [5.41, 5.74) is 1.95. The predicted molar refractivity (Wildman–Crippen MR) is 112 cm³/mol. The van der Waals surface area contributed by atoms with Gasteiger partial charge in [0.1, 0.15) is 18.2 Å². The molecule has 0 spiro atoms. The highest BCUT2D eigenvalue weighted by Gasteiger charge is 2.57. The average molecular weight is 400 g/mol. The first-order valence-electron chi connectivity index (χ1n) is 10.2. The quantitative estimate of drug-likeness (QED) is 0.814. The molecule has 156 valence electrons. The molecule has 1 amide bonds. The van der Waals surface area contributed by atoms with Crippen LogP contribution >= 0.6 is 0 Å². The first-order chi connectivity index (χ1) is 13.7. The molecule has 0 bridgehead atoms. The number of benzene rings is 2. The number of carbonyl (C=O) groups excluding carboxylic acids is 1. The van der Waals surface area contributed by atoms with E-state index in [1.807, 2.05) is 30.0 Å². The molecule has 2 aliphatic rings. The summed E-state index contributed by atoms with van der Waals surface area (Å²) in [4.78, 5) is 15.0. The number of hydrogen-bond donors (Lipinski definition) is 1. The summed E-state index contributed by atoms with van der Waals surface area (Å²) in [6, 6.07) is 12.3. The number of halogens is 1. The van der Waals surface area contributed by atoms with Crippen molar-refractivity contribution in [3.8, 4) is 5.75 Å². The minimum Gasteiger partial charge on any atom is -0.490 e. The molecule has 1 aliphatic heterocycles. The molecule has 2 unspecified atom stereocenters. The maximum absolute atomic E-state index is 13.2. The van der Waals surface area contributed by atoms with Gasteiger partial charge in [0.2, 0.25) is 0 Å². The number of amides is 1. The molecular formula is C24H30FNO3. The van der Waals surface area contributed by atoms with Crippen LogP contribution in [0.5, 0.6) is 5.75 Å². The number of likely N-dealkylation sites (tertiary alicyclic amines) is 1. The Hall–Kier alpha value is -2.40. The summed E-state index contributed by atoms with van der Waals surface area (Å²) in [5, 5.41) is 9.82. The molecule has 4 nitrogen and oxygen atoms in total. The number of fused-ring (bicyclic) bond motifs is 1. The van der Waals surface area contributed by atoms with E-state index >= 15 is 0 Å². The van der Waals surface area contributed by atoms with Crippen molar-refractivity contribution in [2.75, 3.05) is 19.7 Å². The monoisotopic (exact) mass is 399 g/mol. The number of nitrogens with zero attached hydrogens (tertiary/aromatic N) is 1. The Kier molecular flexibility index (Phi) is 4.89. The van der Waals surface area contributed by atoms with Crippen molar-refractivity contribution in [3.63, 3.8) is 0 Å². The van der Waals surface area contributed by atoms with Gasteiger partial charge in [0.05, 0.1) is 5.60 Å². The van der Waals surface area contributed by atoms with Crippen LogP contribution < -0.4 is 4.74 Å². The van der Waals surface area contributed by atoms with Gasteiger partial charge >= 0.3 is 0 Å². The second-order valence-electron chi connectivity index (χ2n) is 9.15. The van der Waals surface area contributed by atoms with Gasteiger partial charge in [0.25, 0.3) is 5.91 Å². The molecule has 2 aromatic rings. The zero-order valence-corrected chi connectivity index (χ0v) is 17.2. The lowest BCUT2D eigenvalue weighted by molar-refractivity contribution is 0.0282. The molecule has 0 radical (unpaired) electrons. The molecule has 2 atom stereocenters. The maximum atomic E-state index is 13.2. The van der Waals surface area contributed by atoms with E-state index in [-0.39, 0.29) is 25.2 Å². The molecule has 2 fully saturated rings. The Balaban J connectivity index is 0.00000256. The zero-order valence-electron chi connectivity index (χ0n) is 17.2. The molecule has 0 aromatic heterocycles. The minimum absolute atomic E-state index is 0. The Bertz CT molecular complexity index is 925. The van der Waals surface area contributed by atoms with Crippen LogP contribution in [0.3, 0.4) is 0 Å². The van der Waals surface area contributed by atoms with Gasteiger partial charge in [0, 0.05) is 25.5 Å². The van der Waals surface area contributed by atoms with Crippen molar-refractivity contribution in [3.05, 3.63) is 65.0 Å². The van der Waals surface area contributed by atoms with Gasteiger partial charge in [-0.15, -0.1) is 0 Å². The first kappa shape index (κ1) is 19.9. The van der Waals surface area contributed by atoms with Gasteiger partial charge in [0.15, 0.2) is 0 Å². The fourth-order valence-electron chi connectivity index (χ4n) is 4.46. The van der Waals surface area contributed by atoms with Gasteiger partial charge in [-0.3, -0.25) is 4.79 Å². The minimum atomic E-state index is -0.907. The Morgan fingerprint density at radius 2 is 2.03 bits per heavy atom. The van der Waals surface area contributed by atoms with E-state index in [1.165, 1.54) is 17.7 Å². The number of rotatable bonds is 5. The number of hydrogen-bond acceptors (Lipinski definition) is 3. The lowest BCUT2D eigenvalue weighted by atomic mass is 9.87. The van der Waals surface area contributed by atoms with Crippen LogP contribution in [0.15, 0.2) is 42.5 Å². The Labute approximate surface area is 172 Å². The number of aryl methyl sites for hydroxylation is 1. The van der Waals surface area contributed by atoms with Crippen molar-refractivity contribution < 1.29 is 20.5 Å². The van der Waals surface area contributed by atoms with Crippen molar-refractivity contribution in [1.82, 2.24) is 4.90 Å². The molecule has 1 saturated carbocycles. The number of aliphatic hydroxyl groups is 1. The van der Waals surface area contributed by atoms with Crippen LogP contribution in [-0.2, 0) is 5.41 Å². The van der Waals surface area contributed by atoms with Crippen LogP contribution in [0.1, 0.15) is 49.6 Å². The molecule has 1 N–H and O–H groups in total. The van der Waals surface area contributed by atoms with E-state index in [9.17, 15) is 14.3 Å². The highest BCUT2D eigenvalue weighted by Crippen LogP contribution is 2.59. The third-order valence-corrected chi connectivity index (χ3v) is 6.21. The van der Waals surface area contributed by atoms with E-state index < -0.39 is 5.60 Å². The van der Waals surface area contributed by atoms with Crippen LogP contribution in [0.25, 0.3) is 0 Å². The molecule has 2 aromatic carbocycles. The van der Waals surface area contributed by atoms with E-state index in [2.05, 4.69) is 0 Å². The number of ether oxygens (including phenoxy) is 1. The number of carbonyl (C=O) groups is 1. The van der Waals surface area contributed by atoms with Crippen LogP contribution in [0, 0.1) is 18.7 Å². The van der Waals surface area contributed by atoms with Crippen LogP contribution in [0.2, 0.25) is 0 Å². The van der Waals surface area contributed by atoms with E-state index in [0.29, 0.717) is 23.8 Å². The summed E-state index contributed by atoms with van der Waals surface area (Å²) in [7, 11) is 0. The topological polar surface area (TPSA) is 49.8 Å². The van der Waals surface area contributed by atoms with Crippen molar-refractivity contribution >= 4 is 5.91 Å². The molecule has 5 heteroatoms. The van der Waals surface area contributed by atoms with Crippen molar-refractivity contribution in [2.45, 2.75) is 44.6 Å². The Morgan fingerprint density at radius 3 is 2.66 bits per heavy atom. The van der Waals surface area contributed by atoms with Crippen molar-refractivity contribution in [1.29, 1.82) is 0 Å².